The molecule has 0 amide bonds. The van der Waals surface area contributed by atoms with Gasteiger partial charge in [-0.1, -0.05) is 78.3 Å². The van der Waals surface area contributed by atoms with Gasteiger partial charge >= 0.3 is 0 Å². The van der Waals surface area contributed by atoms with E-state index >= 15 is 0 Å². The van der Waals surface area contributed by atoms with Crippen molar-refractivity contribution in [2.45, 2.75) is 0 Å². The lowest BCUT2D eigenvalue weighted by molar-refractivity contribution is 0.106. The third kappa shape index (κ3) is 3.89. The first-order valence-electron chi connectivity index (χ1n) is 7.48. The molecule has 3 rings (SSSR count). The number of carbonyl (C=O) groups is 1. The smallest absolute Gasteiger partial charge is 0.213 e. The molecule has 0 aliphatic heterocycles. The van der Waals surface area contributed by atoms with Crippen molar-refractivity contribution >= 4 is 28.8 Å². The third-order valence-electron chi connectivity index (χ3n) is 3.42. The summed E-state index contributed by atoms with van der Waals surface area (Å²) in [6.45, 7) is 0. The summed E-state index contributed by atoms with van der Waals surface area (Å²) in [6.07, 6.45) is 0. The van der Waals surface area contributed by atoms with Crippen LogP contribution in [0.25, 0.3) is 0 Å². The number of Topliss-reactive ketones (excluding diaryl/α,β-unsaturated/α-hetero) is 1. The van der Waals surface area contributed by atoms with Gasteiger partial charge in [-0.15, -0.1) is 0 Å². The molecule has 0 radical (unpaired) electrons. The molecule has 3 aromatic rings. The molecular weight excluding hydrogens is 320 g/mol. The molecule has 3 aromatic carbocycles. The number of anilines is 1. The Bertz CT molecular complexity index is 861. The number of nitrogens with zero attached hydrogens (tertiary/aromatic N) is 1. The van der Waals surface area contributed by atoms with E-state index in [0.717, 1.165) is 11.3 Å². The highest BCUT2D eigenvalue weighted by Gasteiger charge is 2.16. The molecule has 0 unspecified atom stereocenters. The lowest BCUT2D eigenvalue weighted by Crippen LogP contribution is -2.17. The maximum atomic E-state index is 12.8. The highest BCUT2D eigenvalue weighted by molar-refractivity contribution is 6.51. The standard InChI is InChI=1S/C20H15ClN2O/c21-17-12-7-13-18(14-17)22-23-19(15-8-3-1-4-9-15)20(24)16-10-5-2-6-11-16/h1-14,22H/b23-19-. The molecule has 0 bridgehead atoms. The maximum Gasteiger partial charge on any atom is 0.213 e. The van der Waals surface area contributed by atoms with Crippen LogP contribution in [0.1, 0.15) is 15.9 Å². The molecule has 0 fully saturated rings. The number of hydrazone groups is 1. The summed E-state index contributed by atoms with van der Waals surface area (Å²) in [5.41, 5.74) is 5.33. The van der Waals surface area contributed by atoms with E-state index in [9.17, 15) is 4.79 Å². The summed E-state index contributed by atoms with van der Waals surface area (Å²) in [6, 6.07) is 25.7. The first kappa shape index (κ1) is 16.0. The van der Waals surface area contributed by atoms with E-state index in [1.54, 1.807) is 24.3 Å². The number of rotatable bonds is 5. The second kappa shape index (κ2) is 7.57. The highest BCUT2D eigenvalue weighted by Crippen LogP contribution is 2.16. The minimum absolute atomic E-state index is 0.142. The van der Waals surface area contributed by atoms with Crippen molar-refractivity contribution in [2.75, 3.05) is 5.43 Å². The first-order chi connectivity index (χ1) is 11.7. The van der Waals surface area contributed by atoms with Crippen molar-refractivity contribution in [3.05, 3.63) is 101 Å². The molecule has 0 aromatic heterocycles. The topological polar surface area (TPSA) is 41.5 Å². The van der Waals surface area contributed by atoms with Crippen LogP contribution >= 0.6 is 11.6 Å². The molecule has 0 aliphatic carbocycles. The Balaban J connectivity index is 1.96. The Morgan fingerprint density at radius 3 is 2.04 bits per heavy atom. The fourth-order valence-corrected chi connectivity index (χ4v) is 2.44. The zero-order valence-electron chi connectivity index (χ0n) is 12.8. The van der Waals surface area contributed by atoms with E-state index in [1.807, 2.05) is 60.7 Å². The number of hydrogen-bond donors (Lipinski definition) is 1. The van der Waals surface area contributed by atoms with Crippen molar-refractivity contribution in [2.24, 2.45) is 5.10 Å². The summed E-state index contributed by atoms with van der Waals surface area (Å²) >= 11 is 5.98. The number of benzene rings is 3. The molecule has 0 aliphatic rings. The van der Waals surface area contributed by atoms with Crippen molar-refractivity contribution < 1.29 is 4.79 Å². The van der Waals surface area contributed by atoms with E-state index in [2.05, 4.69) is 10.5 Å². The van der Waals surface area contributed by atoms with E-state index in [1.165, 1.54) is 0 Å². The van der Waals surface area contributed by atoms with Gasteiger partial charge in [-0.3, -0.25) is 10.2 Å². The zero-order chi connectivity index (χ0) is 16.8. The average molecular weight is 335 g/mol. The van der Waals surface area contributed by atoms with E-state index in [-0.39, 0.29) is 5.78 Å². The van der Waals surface area contributed by atoms with Crippen molar-refractivity contribution in [3.8, 4) is 0 Å². The van der Waals surface area contributed by atoms with Gasteiger partial charge < -0.3 is 0 Å². The molecule has 24 heavy (non-hydrogen) atoms. The lowest BCUT2D eigenvalue weighted by atomic mass is 10.0. The molecular formula is C20H15ClN2O. The monoisotopic (exact) mass is 334 g/mol. The van der Waals surface area contributed by atoms with Crippen LogP contribution in [0.15, 0.2) is 90.0 Å². The van der Waals surface area contributed by atoms with Crippen LogP contribution in [-0.4, -0.2) is 11.5 Å². The van der Waals surface area contributed by atoms with Gasteiger partial charge in [0, 0.05) is 16.1 Å². The number of nitrogens with one attached hydrogen (secondary N) is 1. The van der Waals surface area contributed by atoms with Crippen molar-refractivity contribution in [1.29, 1.82) is 0 Å². The van der Waals surface area contributed by atoms with Gasteiger partial charge in [0.25, 0.3) is 0 Å². The summed E-state index contributed by atoms with van der Waals surface area (Å²) in [4.78, 5) is 12.8. The minimum atomic E-state index is -0.142. The van der Waals surface area contributed by atoms with Gasteiger partial charge in [0.05, 0.1) is 5.69 Å². The summed E-state index contributed by atoms with van der Waals surface area (Å²) in [7, 11) is 0. The van der Waals surface area contributed by atoms with Crippen LogP contribution in [0.5, 0.6) is 0 Å². The third-order valence-corrected chi connectivity index (χ3v) is 3.65. The van der Waals surface area contributed by atoms with Crippen LogP contribution in [0.4, 0.5) is 5.69 Å². The van der Waals surface area contributed by atoms with Crippen molar-refractivity contribution in [1.82, 2.24) is 0 Å². The summed E-state index contributed by atoms with van der Waals surface area (Å²) in [5, 5.41) is 4.94. The predicted molar refractivity (Wildman–Crippen MR) is 98.8 cm³/mol. The van der Waals surface area contributed by atoms with Crippen LogP contribution in [0.3, 0.4) is 0 Å². The summed E-state index contributed by atoms with van der Waals surface area (Å²) < 4.78 is 0. The van der Waals surface area contributed by atoms with E-state index in [4.69, 9.17) is 11.6 Å². The average Bonchev–Trinajstić information content (AvgIpc) is 2.63. The number of carbonyl (C=O) groups excluding carboxylic acids is 1. The molecule has 0 atom stereocenters. The summed E-state index contributed by atoms with van der Waals surface area (Å²) in [5.74, 6) is -0.142. The molecule has 3 nitrogen and oxygen atoms in total. The van der Waals surface area contributed by atoms with Gasteiger partial charge in [-0.2, -0.15) is 5.10 Å². The molecule has 4 heteroatoms. The second-order valence-corrected chi connectivity index (χ2v) is 5.58. The fraction of sp³-hybridized carbons (Fsp3) is 0. The Morgan fingerprint density at radius 2 is 1.42 bits per heavy atom. The number of halogens is 1. The van der Waals surface area contributed by atoms with Gasteiger partial charge in [0.15, 0.2) is 0 Å². The van der Waals surface area contributed by atoms with Gasteiger partial charge in [-0.25, -0.2) is 0 Å². The second-order valence-electron chi connectivity index (χ2n) is 5.14. The van der Waals surface area contributed by atoms with Crippen LogP contribution in [-0.2, 0) is 0 Å². The Kier molecular flexibility index (Phi) is 5.04. The van der Waals surface area contributed by atoms with Crippen LogP contribution < -0.4 is 5.43 Å². The van der Waals surface area contributed by atoms with Gasteiger partial charge in [0.2, 0.25) is 5.78 Å². The SMILES string of the molecule is O=C(/C(=N\Nc1cccc(Cl)c1)c1ccccc1)c1ccccc1. The number of ketones is 1. The van der Waals surface area contributed by atoms with Gasteiger partial charge in [-0.05, 0) is 18.2 Å². The van der Waals surface area contributed by atoms with E-state index in [0.29, 0.717) is 16.3 Å². The van der Waals surface area contributed by atoms with Crippen LogP contribution in [0.2, 0.25) is 5.02 Å². The molecule has 0 saturated heterocycles. The maximum absolute atomic E-state index is 12.8. The Labute approximate surface area is 145 Å². The largest absolute Gasteiger partial charge is 0.287 e. The number of hydrogen-bond acceptors (Lipinski definition) is 3. The minimum Gasteiger partial charge on any atom is -0.287 e. The normalized spacial score (nSPS) is 11.1. The molecule has 118 valence electrons. The zero-order valence-corrected chi connectivity index (χ0v) is 13.6. The predicted octanol–water partition coefficient (Wildman–Crippen LogP) is 5.04. The molecule has 1 N–H and O–H groups in total. The Hall–Kier alpha value is -2.91. The molecule has 0 heterocycles. The lowest BCUT2D eigenvalue weighted by Gasteiger charge is -2.08. The van der Waals surface area contributed by atoms with E-state index < -0.39 is 0 Å². The quantitative estimate of drug-likeness (QED) is 0.403. The van der Waals surface area contributed by atoms with Crippen LogP contribution in [0, 0.1) is 0 Å². The fourth-order valence-electron chi connectivity index (χ4n) is 2.25. The van der Waals surface area contributed by atoms with Gasteiger partial charge in [0.1, 0.15) is 5.71 Å². The molecule has 0 saturated carbocycles. The Morgan fingerprint density at radius 1 is 0.792 bits per heavy atom. The highest BCUT2D eigenvalue weighted by atomic mass is 35.5. The molecule has 0 spiro atoms. The van der Waals surface area contributed by atoms with Crippen molar-refractivity contribution in [3.63, 3.8) is 0 Å². The first-order valence-corrected chi connectivity index (χ1v) is 7.86.